The Bertz CT molecular complexity index is 531. The van der Waals surface area contributed by atoms with Gasteiger partial charge in [-0.1, -0.05) is 43.3 Å². The zero-order chi connectivity index (χ0) is 13.7. The molecule has 0 radical (unpaired) electrons. The van der Waals surface area contributed by atoms with Crippen LogP contribution in [0.15, 0.2) is 48.5 Å². The van der Waals surface area contributed by atoms with Crippen LogP contribution in [0.25, 0.3) is 0 Å². The molecule has 0 saturated carbocycles. The van der Waals surface area contributed by atoms with Gasteiger partial charge in [0, 0.05) is 17.7 Å². The molecule has 2 rings (SSSR count). The number of benzene rings is 2. The van der Waals surface area contributed by atoms with E-state index in [1.54, 1.807) is 6.07 Å². The lowest BCUT2D eigenvalue weighted by atomic mass is 10.0. The lowest BCUT2D eigenvalue weighted by molar-refractivity contribution is 0.304. The number of rotatable bonds is 5. The molecular weight excluding hydrogens is 274 g/mol. The highest BCUT2D eigenvalue weighted by Crippen LogP contribution is 2.29. The average Bonchev–Trinajstić information content (AvgIpc) is 2.45. The first-order chi connectivity index (χ1) is 9.20. The Balaban J connectivity index is 0.00000200. The van der Waals surface area contributed by atoms with Crippen molar-refractivity contribution in [3.63, 3.8) is 0 Å². The maximum atomic E-state index is 9.93. The molecule has 0 heterocycles. The van der Waals surface area contributed by atoms with Crippen LogP contribution in [0.2, 0.25) is 0 Å². The molecule has 0 aromatic heterocycles. The summed E-state index contributed by atoms with van der Waals surface area (Å²) in [7, 11) is 0. The van der Waals surface area contributed by atoms with Gasteiger partial charge in [0.05, 0.1) is 0 Å². The Morgan fingerprint density at radius 1 is 1.15 bits per heavy atom. The van der Waals surface area contributed by atoms with E-state index in [2.05, 4.69) is 0 Å². The van der Waals surface area contributed by atoms with Crippen molar-refractivity contribution in [3.8, 4) is 11.5 Å². The molecule has 0 fully saturated rings. The summed E-state index contributed by atoms with van der Waals surface area (Å²) in [6, 6.07) is 15.1. The highest BCUT2D eigenvalue weighted by molar-refractivity contribution is 5.85. The number of hydrogen-bond donors (Lipinski definition) is 2. The SMILES string of the molecule is CC[C@H](N)c1ccc(OCc2ccccc2)cc1O.Cl. The van der Waals surface area contributed by atoms with Gasteiger partial charge < -0.3 is 15.6 Å². The Hall–Kier alpha value is -1.71. The summed E-state index contributed by atoms with van der Waals surface area (Å²) in [4.78, 5) is 0. The van der Waals surface area contributed by atoms with Gasteiger partial charge in [-0.25, -0.2) is 0 Å². The van der Waals surface area contributed by atoms with E-state index in [-0.39, 0.29) is 24.2 Å². The second kappa shape index (κ2) is 7.78. The third-order valence-electron chi connectivity index (χ3n) is 3.09. The molecule has 0 bridgehead atoms. The molecule has 0 amide bonds. The molecule has 0 aliphatic carbocycles. The summed E-state index contributed by atoms with van der Waals surface area (Å²) >= 11 is 0. The number of phenols is 1. The predicted octanol–water partition coefficient (Wildman–Crippen LogP) is 3.80. The topological polar surface area (TPSA) is 55.5 Å². The summed E-state index contributed by atoms with van der Waals surface area (Å²) < 4.78 is 5.64. The first-order valence-corrected chi connectivity index (χ1v) is 6.46. The fourth-order valence-corrected chi connectivity index (χ4v) is 1.89. The smallest absolute Gasteiger partial charge is 0.124 e. The van der Waals surface area contributed by atoms with Crippen molar-refractivity contribution in [1.29, 1.82) is 0 Å². The lowest BCUT2D eigenvalue weighted by Gasteiger charge is -2.13. The highest BCUT2D eigenvalue weighted by Gasteiger charge is 2.09. The van der Waals surface area contributed by atoms with Gasteiger partial charge in [0.1, 0.15) is 18.1 Å². The molecule has 3 nitrogen and oxygen atoms in total. The number of hydrogen-bond acceptors (Lipinski definition) is 3. The zero-order valence-corrected chi connectivity index (χ0v) is 12.3. The fourth-order valence-electron chi connectivity index (χ4n) is 1.89. The average molecular weight is 294 g/mol. The minimum absolute atomic E-state index is 0. The van der Waals surface area contributed by atoms with E-state index < -0.39 is 0 Å². The summed E-state index contributed by atoms with van der Waals surface area (Å²) in [6.07, 6.45) is 0.789. The fraction of sp³-hybridized carbons (Fsp3) is 0.250. The summed E-state index contributed by atoms with van der Waals surface area (Å²) in [6.45, 7) is 2.48. The first kappa shape index (κ1) is 16.3. The van der Waals surface area contributed by atoms with Crippen molar-refractivity contribution in [2.75, 3.05) is 0 Å². The third-order valence-corrected chi connectivity index (χ3v) is 3.09. The molecule has 1 atom stereocenters. The van der Waals surface area contributed by atoms with Gasteiger partial charge in [0.25, 0.3) is 0 Å². The summed E-state index contributed by atoms with van der Waals surface area (Å²) in [5, 5.41) is 9.93. The highest BCUT2D eigenvalue weighted by atomic mass is 35.5. The standard InChI is InChI=1S/C16H19NO2.ClH/c1-2-15(17)14-9-8-13(10-16(14)18)19-11-12-6-4-3-5-7-12;/h3-10,15,18H,2,11,17H2,1H3;1H/t15-;/m0./s1. The van der Waals surface area contributed by atoms with Crippen molar-refractivity contribution in [2.24, 2.45) is 5.73 Å². The predicted molar refractivity (Wildman–Crippen MR) is 83.3 cm³/mol. The van der Waals surface area contributed by atoms with Crippen LogP contribution in [0.3, 0.4) is 0 Å². The van der Waals surface area contributed by atoms with Gasteiger partial charge in [-0.15, -0.1) is 12.4 Å². The minimum Gasteiger partial charge on any atom is -0.507 e. The summed E-state index contributed by atoms with van der Waals surface area (Å²) in [5.74, 6) is 0.841. The Labute approximate surface area is 125 Å². The molecule has 0 unspecified atom stereocenters. The first-order valence-electron chi connectivity index (χ1n) is 6.46. The maximum Gasteiger partial charge on any atom is 0.124 e. The van der Waals surface area contributed by atoms with Crippen LogP contribution in [0, 0.1) is 0 Å². The molecule has 2 aromatic rings. The number of ether oxygens (including phenoxy) is 1. The van der Waals surface area contributed by atoms with Gasteiger partial charge in [0.15, 0.2) is 0 Å². The Kier molecular flexibility index (Phi) is 6.36. The van der Waals surface area contributed by atoms with E-state index in [9.17, 15) is 5.11 Å². The van der Waals surface area contributed by atoms with Crippen molar-refractivity contribution in [2.45, 2.75) is 26.0 Å². The number of nitrogens with two attached hydrogens (primary N) is 1. The zero-order valence-electron chi connectivity index (χ0n) is 11.5. The molecule has 0 aliphatic rings. The van der Waals surface area contributed by atoms with Crippen LogP contribution in [-0.4, -0.2) is 5.11 Å². The van der Waals surface area contributed by atoms with Crippen LogP contribution in [0.5, 0.6) is 11.5 Å². The molecule has 2 aromatic carbocycles. The van der Waals surface area contributed by atoms with Crippen molar-refractivity contribution in [3.05, 3.63) is 59.7 Å². The quantitative estimate of drug-likeness (QED) is 0.881. The lowest BCUT2D eigenvalue weighted by Crippen LogP contribution is -2.08. The van der Waals surface area contributed by atoms with Crippen molar-refractivity contribution >= 4 is 12.4 Å². The number of phenolic OH excluding ortho intramolecular Hbond substituents is 1. The molecule has 20 heavy (non-hydrogen) atoms. The summed E-state index contributed by atoms with van der Waals surface area (Å²) in [5.41, 5.74) is 7.76. The monoisotopic (exact) mass is 293 g/mol. The van der Waals surface area contributed by atoms with Crippen LogP contribution < -0.4 is 10.5 Å². The minimum atomic E-state index is -0.136. The largest absolute Gasteiger partial charge is 0.507 e. The molecule has 0 saturated heterocycles. The van der Waals surface area contributed by atoms with Crippen LogP contribution in [0.4, 0.5) is 0 Å². The molecular formula is C16H20ClNO2. The van der Waals surface area contributed by atoms with Gasteiger partial charge in [-0.2, -0.15) is 0 Å². The van der Waals surface area contributed by atoms with Gasteiger partial charge >= 0.3 is 0 Å². The van der Waals surface area contributed by atoms with Crippen LogP contribution >= 0.6 is 12.4 Å². The van der Waals surface area contributed by atoms with E-state index in [4.69, 9.17) is 10.5 Å². The Morgan fingerprint density at radius 2 is 1.85 bits per heavy atom. The van der Waals surface area contributed by atoms with E-state index in [0.717, 1.165) is 17.5 Å². The molecule has 0 spiro atoms. The van der Waals surface area contributed by atoms with Crippen LogP contribution in [-0.2, 0) is 6.61 Å². The number of aromatic hydroxyl groups is 1. The van der Waals surface area contributed by atoms with E-state index in [0.29, 0.717) is 12.4 Å². The van der Waals surface area contributed by atoms with E-state index in [1.807, 2.05) is 49.4 Å². The second-order valence-electron chi connectivity index (χ2n) is 4.51. The van der Waals surface area contributed by atoms with Gasteiger partial charge in [-0.05, 0) is 18.1 Å². The van der Waals surface area contributed by atoms with E-state index >= 15 is 0 Å². The van der Waals surface area contributed by atoms with Crippen molar-refractivity contribution < 1.29 is 9.84 Å². The van der Waals surface area contributed by atoms with Crippen LogP contribution in [0.1, 0.15) is 30.5 Å². The van der Waals surface area contributed by atoms with Gasteiger partial charge in [-0.3, -0.25) is 0 Å². The molecule has 108 valence electrons. The van der Waals surface area contributed by atoms with Gasteiger partial charge in [0.2, 0.25) is 0 Å². The maximum absolute atomic E-state index is 9.93. The molecule has 4 heteroatoms. The second-order valence-corrected chi connectivity index (χ2v) is 4.51. The third kappa shape index (κ3) is 4.15. The van der Waals surface area contributed by atoms with E-state index in [1.165, 1.54) is 0 Å². The molecule has 3 N–H and O–H groups in total. The number of halogens is 1. The molecule has 0 aliphatic heterocycles. The Morgan fingerprint density at radius 3 is 2.45 bits per heavy atom. The van der Waals surface area contributed by atoms with Crippen molar-refractivity contribution in [1.82, 2.24) is 0 Å². The normalized spacial score (nSPS) is 11.5.